The molecule has 0 aliphatic carbocycles. The lowest BCUT2D eigenvalue weighted by molar-refractivity contribution is -0.147. The van der Waals surface area contributed by atoms with Crippen molar-refractivity contribution in [2.45, 2.75) is 20.5 Å². The highest BCUT2D eigenvalue weighted by Crippen LogP contribution is 2.21. The maximum absolute atomic E-state index is 12.1. The van der Waals surface area contributed by atoms with E-state index >= 15 is 0 Å². The van der Waals surface area contributed by atoms with Gasteiger partial charge in [-0.25, -0.2) is 9.78 Å². The van der Waals surface area contributed by atoms with Crippen LogP contribution in [-0.4, -0.2) is 22.0 Å². The van der Waals surface area contributed by atoms with Crippen LogP contribution >= 0.6 is 11.6 Å². The number of nitrogens with zero attached hydrogens (tertiary/aromatic N) is 2. The predicted molar refractivity (Wildman–Crippen MR) is 97.7 cm³/mol. The lowest BCUT2D eigenvalue weighted by atomic mass is 10.2. The van der Waals surface area contributed by atoms with Gasteiger partial charge in [-0.05, 0) is 49.2 Å². The molecule has 0 atom stereocenters. The second-order valence-electron chi connectivity index (χ2n) is 5.83. The number of carbonyl (C=O) groups is 1. The van der Waals surface area contributed by atoms with Crippen LogP contribution in [0.2, 0.25) is 5.02 Å². The van der Waals surface area contributed by atoms with Crippen molar-refractivity contribution in [2.24, 2.45) is 0 Å². The highest BCUT2D eigenvalue weighted by atomic mass is 35.5. The van der Waals surface area contributed by atoms with Gasteiger partial charge in [0.2, 0.25) is 0 Å². The van der Waals surface area contributed by atoms with Crippen LogP contribution in [0, 0.1) is 13.8 Å². The predicted octanol–water partition coefficient (Wildman–Crippen LogP) is 3.09. The summed E-state index contributed by atoms with van der Waals surface area (Å²) >= 11 is 5.88. The number of fused-ring (bicyclic) bond motifs is 1. The van der Waals surface area contributed by atoms with E-state index < -0.39 is 5.97 Å². The molecular weight excluding hydrogens is 356 g/mol. The van der Waals surface area contributed by atoms with Gasteiger partial charge in [0.05, 0.1) is 5.69 Å². The van der Waals surface area contributed by atoms with Crippen molar-refractivity contribution < 1.29 is 14.3 Å². The third-order valence-corrected chi connectivity index (χ3v) is 4.04. The Hall–Kier alpha value is -2.86. The van der Waals surface area contributed by atoms with E-state index in [0.717, 1.165) is 11.1 Å². The van der Waals surface area contributed by atoms with Crippen LogP contribution in [-0.2, 0) is 16.1 Å². The zero-order chi connectivity index (χ0) is 18.7. The number of benzene rings is 1. The first-order chi connectivity index (χ1) is 12.4. The standard InChI is InChI=1S/C19H17ClN2O4/c1-12-4-3-7-22-17(23)9-15(21-19(12)22)10-26-18(24)11-25-16-6-5-14(20)8-13(16)2/h3-9H,10-11H2,1-2H3. The summed E-state index contributed by atoms with van der Waals surface area (Å²) in [6, 6.07) is 10.1. The first-order valence-electron chi connectivity index (χ1n) is 7.96. The van der Waals surface area contributed by atoms with Crippen molar-refractivity contribution in [1.82, 2.24) is 9.38 Å². The average molecular weight is 373 g/mol. The maximum atomic E-state index is 12.1. The number of hydrogen-bond donors (Lipinski definition) is 0. The van der Waals surface area contributed by atoms with E-state index in [1.165, 1.54) is 10.5 Å². The largest absolute Gasteiger partial charge is 0.482 e. The SMILES string of the molecule is Cc1cc(Cl)ccc1OCC(=O)OCc1cc(=O)n2cccc(C)c2n1. The molecule has 0 N–H and O–H groups in total. The number of carbonyl (C=O) groups excluding carboxylic acids is 1. The highest BCUT2D eigenvalue weighted by Gasteiger charge is 2.09. The van der Waals surface area contributed by atoms with Gasteiger partial charge in [0.25, 0.3) is 5.56 Å². The number of ether oxygens (including phenoxy) is 2. The zero-order valence-corrected chi connectivity index (χ0v) is 15.1. The fourth-order valence-electron chi connectivity index (χ4n) is 2.49. The van der Waals surface area contributed by atoms with Crippen LogP contribution in [0.25, 0.3) is 5.65 Å². The first-order valence-corrected chi connectivity index (χ1v) is 8.34. The van der Waals surface area contributed by atoms with Crippen LogP contribution in [0.1, 0.15) is 16.8 Å². The van der Waals surface area contributed by atoms with Crippen molar-refractivity contribution in [3.05, 3.63) is 74.8 Å². The average Bonchev–Trinajstić information content (AvgIpc) is 2.60. The van der Waals surface area contributed by atoms with Crippen LogP contribution in [0.5, 0.6) is 5.75 Å². The van der Waals surface area contributed by atoms with E-state index in [4.69, 9.17) is 21.1 Å². The smallest absolute Gasteiger partial charge is 0.344 e. The van der Waals surface area contributed by atoms with Gasteiger partial charge in [-0.3, -0.25) is 9.20 Å². The van der Waals surface area contributed by atoms with Crippen molar-refractivity contribution in [3.8, 4) is 5.75 Å². The Morgan fingerprint density at radius 3 is 2.77 bits per heavy atom. The van der Waals surface area contributed by atoms with E-state index in [1.807, 2.05) is 19.9 Å². The zero-order valence-electron chi connectivity index (χ0n) is 14.4. The molecule has 134 valence electrons. The molecule has 0 saturated carbocycles. The van der Waals surface area contributed by atoms with Crippen LogP contribution in [0.3, 0.4) is 0 Å². The molecule has 0 bridgehead atoms. The molecule has 0 radical (unpaired) electrons. The minimum absolute atomic E-state index is 0.0954. The van der Waals surface area contributed by atoms with Gasteiger partial charge in [-0.2, -0.15) is 0 Å². The van der Waals surface area contributed by atoms with Gasteiger partial charge < -0.3 is 9.47 Å². The topological polar surface area (TPSA) is 69.9 Å². The molecule has 2 heterocycles. The third kappa shape index (κ3) is 4.03. The van der Waals surface area contributed by atoms with Gasteiger partial charge in [-0.15, -0.1) is 0 Å². The van der Waals surface area contributed by atoms with Crippen LogP contribution < -0.4 is 10.3 Å². The summed E-state index contributed by atoms with van der Waals surface area (Å²) in [5.74, 6) is 0.00943. The Balaban J connectivity index is 1.63. The summed E-state index contributed by atoms with van der Waals surface area (Å²) in [6.45, 7) is 3.36. The number of rotatable bonds is 5. The van der Waals surface area contributed by atoms with Crippen molar-refractivity contribution in [2.75, 3.05) is 6.61 Å². The summed E-state index contributed by atoms with van der Waals surface area (Å²) in [5, 5.41) is 0.599. The minimum atomic E-state index is -0.550. The lowest BCUT2D eigenvalue weighted by Gasteiger charge is -2.10. The third-order valence-electron chi connectivity index (χ3n) is 3.80. The van der Waals surface area contributed by atoms with Crippen molar-refractivity contribution in [1.29, 1.82) is 0 Å². The fraction of sp³-hybridized carbons (Fsp3) is 0.211. The number of hydrogen-bond acceptors (Lipinski definition) is 5. The van der Waals surface area contributed by atoms with Gasteiger partial charge in [0.1, 0.15) is 18.0 Å². The Kier molecular flexibility index (Phi) is 5.23. The van der Waals surface area contributed by atoms with Crippen LogP contribution in [0.4, 0.5) is 0 Å². The molecule has 2 aromatic heterocycles. The summed E-state index contributed by atoms with van der Waals surface area (Å²) in [7, 11) is 0. The highest BCUT2D eigenvalue weighted by molar-refractivity contribution is 6.30. The van der Waals surface area contributed by atoms with E-state index in [-0.39, 0.29) is 18.8 Å². The Labute approximate surface area is 155 Å². The molecule has 3 aromatic rings. The lowest BCUT2D eigenvalue weighted by Crippen LogP contribution is -2.19. The monoisotopic (exact) mass is 372 g/mol. The number of aromatic nitrogens is 2. The first kappa shape index (κ1) is 17.9. The Morgan fingerprint density at radius 2 is 2.00 bits per heavy atom. The number of esters is 1. The van der Waals surface area contributed by atoms with E-state index in [1.54, 1.807) is 30.5 Å². The molecule has 0 spiro atoms. The number of aryl methyl sites for hydroxylation is 2. The molecule has 3 rings (SSSR count). The maximum Gasteiger partial charge on any atom is 0.344 e. The van der Waals surface area contributed by atoms with Gasteiger partial charge in [-0.1, -0.05) is 17.7 Å². The number of halogens is 1. The van der Waals surface area contributed by atoms with Gasteiger partial charge >= 0.3 is 5.97 Å². The summed E-state index contributed by atoms with van der Waals surface area (Å²) in [4.78, 5) is 28.4. The van der Waals surface area contributed by atoms with Gasteiger partial charge in [0, 0.05) is 17.3 Å². The molecule has 0 fully saturated rings. The molecule has 7 heteroatoms. The minimum Gasteiger partial charge on any atom is -0.482 e. The summed E-state index contributed by atoms with van der Waals surface area (Å²) in [6.07, 6.45) is 1.65. The molecule has 0 aliphatic heterocycles. The Bertz CT molecular complexity index is 1030. The summed E-state index contributed by atoms with van der Waals surface area (Å²) < 4.78 is 12.0. The molecular formula is C19H17ClN2O4. The second-order valence-corrected chi connectivity index (χ2v) is 6.27. The molecule has 0 amide bonds. The second kappa shape index (κ2) is 7.58. The van der Waals surface area contributed by atoms with Gasteiger partial charge in [0.15, 0.2) is 6.61 Å². The van der Waals surface area contributed by atoms with E-state index in [2.05, 4.69) is 4.98 Å². The van der Waals surface area contributed by atoms with E-state index in [9.17, 15) is 9.59 Å². The van der Waals surface area contributed by atoms with E-state index in [0.29, 0.717) is 22.1 Å². The van der Waals surface area contributed by atoms with Crippen molar-refractivity contribution >= 4 is 23.2 Å². The normalized spacial score (nSPS) is 10.7. The molecule has 1 aromatic carbocycles. The molecule has 26 heavy (non-hydrogen) atoms. The van der Waals surface area contributed by atoms with Crippen LogP contribution in [0.15, 0.2) is 47.4 Å². The molecule has 0 unspecified atom stereocenters. The molecule has 6 nitrogen and oxygen atoms in total. The number of pyridine rings is 1. The molecule has 0 saturated heterocycles. The Morgan fingerprint density at radius 1 is 1.19 bits per heavy atom. The fourth-order valence-corrected chi connectivity index (χ4v) is 2.72. The van der Waals surface area contributed by atoms with Crippen molar-refractivity contribution in [3.63, 3.8) is 0 Å². The quantitative estimate of drug-likeness (QED) is 0.644. The summed E-state index contributed by atoms with van der Waals surface area (Å²) in [5.41, 5.74) is 2.39. The molecule has 0 aliphatic rings.